The number of amides is 2. The van der Waals surface area contributed by atoms with E-state index in [2.05, 4.69) is 0 Å². The fourth-order valence-corrected chi connectivity index (χ4v) is 2.83. The van der Waals surface area contributed by atoms with E-state index in [-0.39, 0.29) is 17.4 Å². The monoisotopic (exact) mass is 324 g/mol. The second-order valence-corrected chi connectivity index (χ2v) is 5.93. The van der Waals surface area contributed by atoms with Crippen LogP contribution in [-0.2, 0) is 4.79 Å². The van der Waals surface area contributed by atoms with Crippen molar-refractivity contribution in [3.05, 3.63) is 35.4 Å². The van der Waals surface area contributed by atoms with Crippen LogP contribution in [0.25, 0.3) is 0 Å². The number of benzene rings is 1. The summed E-state index contributed by atoms with van der Waals surface area (Å²) in [5.41, 5.74) is -0.134. The number of carbonyl (C=O) groups excluding carboxylic acids is 2. The molecule has 0 spiro atoms. The standard InChI is InChI=1S/C17H22F2N2O2/c1-3-4-12(2)16(22)20-7-9-21(10-8-20)17(23)14-6-5-13(18)11-15(14)19/h5-6,11-12H,3-4,7-10H2,1-2H3. The molecular formula is C17H22F2N2O2. The Balaban J connectivity index is 1.96. The third kappa shape index (κ3) is 4.06. The molecule has 23 heavy (non-hydrogen) atoms. The van der Waals surface area contributed by atoms with Crippen LogP contribution in [0.2, 0.25) is 0 Å². The molecule has 1 aliphatic heterocycles. The van der Waals surface area contributed by atoms with Crippen molar-refractivity contribution in [1.29, 1.82) is 0 Å². The summed E-state index contributed by atoms with van der Waals surface area (Å²) in [6, 6.07) is 2.94. The van der Waals surface area contributed by atoms with Gasteiger partial charge in [-0.05, 0) is 18.6 Å². The van der Waals surface area contributed by atoms with Gasteiger partial charge in [0.25, 0.3) is 5.91 Å². The Morgan fingerprint density at radius 1 is 1.13 bits per heavy atom. The first-order valence-electron chi connectivity index (χ1n) is 7.97. The lowest BCUT2D eigenvalue weighted by Crippen LogP contribution is -2.51. The molecule has 1 unspecified atom stereocenters. The van der Waals surface area contributed by atoms with E-state index in [0.29, 0.717) is 32.2 Å². The summed E-state index contributed by atoms with van der Waals surface area (Å²) in [6.45, 7) is 5.57. The zero-order chi connectivity index (χ0) is 17.0. The predicted octanol–water partition coefficient (Wildman–Crippen LogP) is 2.69. The summed E-state index contributed by atoms with van der Waals surface area (Å²) in [6.07, 6.45) is 1.80. The second-order valence-electron chi connectivity index (χ2n) is 5.93. The van der Waals surface area contributed by atoms with Crippen LogP contribution in [-0.4, -0.2) is 47.8 Å². The number of nitrogens with zero attached hydrogens (tertiary/aromatic N) is 2. The third-order valence-corrected chi connectivity index (χ3v) is 4.18. The number of carbonyl (C=O) groups is 2. The first-order valence-corrected chi connectivity index (χ1v) is 7.97. The fraction of sp³-hybridized carbons (Fsp3) is 0.529. The van der Waals surface area contributed by atoms with Crippen LogP contribution in [0.4, 0.5) is 8.78 Å². The van der Waals surface area contributed by atoms with Crippen LogP contribution in [0, 0.1) is 17.6 Å². The van der Waals surface area contributed by atoms with Crippen LogP contribution in [0.5, 0.6) is 0 Å². The van der Waals surface area contributed by atoms with Gasteiger partial charge in [-0.15, -0.1) is 0 Å². The molecule has 0 radical (unpaired) electrons. The highest BCUT2D eigenvalue weighted by Crippen LogP contribution is 2.16. The number of halogens is 2. The largest absolute Gasteiger partial charge is 0.339 e. The zero-order valence-corrected chi connectivity index (χ0v) is 13.5. The van der Waals surface area contributed by atoms with Crippen molar-refractivity contribution in [3.8, 4) is 0 Å². The summed E-state index contributed by atoms with van der Waals surface area (Å²) < 4.78 is 26.6. The topological polar surface area (TPSA) is 40.6 Å². The summed E-state index contributed by atoms with van der Waals surface area (Å²) in [7, 11) is 0. The minimum atomic E-state index is -0.856. The Bertz CT molecular complexity index is 584. The van der Waals surface area contributed by atoms with Crippen LogP contribution >= 0.6 is 0 Å². The molecular weight excluding hydrogens is 302 g/mol. The summed E-state index contributed by atoms with van der Waals surface area (Å²) >= 11 is 0. The lowest BCUT2D eigenvalue weighted by Gasteiger charge is -2.36. The molecule has 6 heteroatoms. The predicted molar refractivity (Wildman–Crippen MR) is 82.9 cm³/mol. The van der Waals surface area contributed by atoms with Gasteiger partial charge in [-0.1, -0.05) is 20.3 Å². The Morgan fingerprint density at radius 2 is 1.74 bits per heavy atom. The van der Waals surface area contributed by atoms with Crippen molar-refractivity contribution >= 4 is 11.8 Å². The second kappa shape index (κ2) is 7.53. The molecule has 0 bridgehead atoms. The molecule has 0 aliphatic carbocycles. The number of hydrogen-bond donors (Lipinski definition) is 0. The van der Waals surface area contributed by atoms with Crippen LogP contribution in [0.1, 0.15) is 37.0 Å². The van der Waals surface area contributed by atoms with Gasteiger partial charge < -0.3 is 9.80 Å². The third-order valence-electron chi connectivity index (χ3n) is 4.18. The van der Waals surface area contributed by atoms with E-state index in [1.807, 2.05) is 13.8 Å². The molecule has 1 heterocycles. The average Bonchev–Trinajstić information content (AvgIpc) is 2.54. The number of piperazine rings is 1. The molecule has 1 saturated heterocycles. The molecule has 0 saturated carbocycles. The van der Waals surface area contributed by atoms with Crippen LogP contribution in [0.3, 0.4) is 0 Å². The van der Waals surface area contributed by atoms with Gasteiger partial charge in [-0.25, -0.2) is 8.78 Å². The minimum Gasteiger partial charge on any atom is -0.339 e. The smallest absolute Gasteiger partial charge is 0.256 e. The Morgan fingerprint density at radius 3 is 2.30 bits per heavy atom. The van der Waals surface area contributed by atoms with Crippen LogP contribution in [0.15, 0.2) is 18.2 Å². The lowest BCUT2D eigenvalue weighted by atomic mass is 10.0. The van der Waals surface area contributed by atoms with E-state index >= 15 is 0 Å². The first kappa shape index (κ1) is 17.4. The van der Waals surface area contributed by atoms with Gasteiger partial charge >= 0.3 is 0 Å². The maximum Gasteiger partial charge on any atom is 0.256 e. The molecule has 1 aromatic rings. The zero-order valence-electron chi connectivity index (χ0n) is 13.5. The van der Waals surface area contributed by atoms with Crippen molar-refractivity contribution in [2.24, 2.45) is 5.92 Å². The highest BCUT2D eigenvalue weighted by Gasteiger charge is 2.28. The van der Waals surface area contributed by atoms with Crippen molar-refractivity contribution in [1.82, 2.24) is 9.80 Å². The van der Waals surface area contributed by atoms with E-state index < -0.39 is 17.5 Å². The van der Waals surface area contributed by atoms with Gasteiger partial charge in [0, 0.05) is 38.2 Å². The van der Waals surface area contributed by atoms with E-state index in [1.54, 1.807) is 4.90 Å². The molecule has 2 amide bonds. The van der Waals surface area contributed by atoms with Gasteiger partial charge in [0.15, 0.2) is 0 Å². The van der Waals surface area contributed by atoms with Crippen molar-refractivity contribution in [2.75, 3.05) is 26.2 Å². The molecule has 2 rings (SSSR count). The normalized spacial score (nSPS) is 16.3. The summed E-state index contributed by atoms with van der Waals surface area (Å²) in [5, 5.41) is 0. The van der Waals surface area contributed by atoms with Gasteiger partial charge in [0.2, 0.25) is 5.91 Å². The Kier molecular flexibility index (Phi) is 5.69. The van der Waals surface area contributed by atoms with Gasteiger partial charge in [-0.2, -0.15) is 0 Å². The highest BCUT2D eigenvalue weighted by molar-refractivity contribution is 5.94. The Labute approximate surface area is 135 Å². The van der Waals surface area contributed by atoms with Gasteiger partial charge in [0.1, 0.15) is 11.6 Å². The fourth-order valence-electron chi connectivity index (χ4n) is 2.83. The van der Waals surface area contributed by atoms with Crippen molar-refractivity contribution in [2.45, 2.75) is 26.7 Å². The van der Waals surface area contributed by atoms with Crippen LogP contribution < -0.4 is 0 Å². The molecule has 126 valence electrons. The quantitative estimate of drug-likeness (QED) is 0.854. The first-order chi connectivity index (χ1) is 10.9. The molecule has 1 fully saturated rings. The summed E-state index contributed by atoms with van der Waals surface area (Å²) in [5.74, 6) is -1.94. The SMILES string of the molecule is CCCC(C)C(=O)N1CCN(C(=O)c2ccc(F)cc2F)CC1. The van der Waals surface area contributed by atoms with Crippen molar-refractivity contribution < 1.29 is 18.4 Å². The molecule has 1 aliphatic rings. The minimum absolute atomic E-state index is 0.0169. The maximum atomic E-state index is 13.7. The van der Waals surface area contributed by atoms with E-state index in [0.717, 1.165) is 25.0 Å². The maximum absolute atomic E-state index is 13.7. The van der Waals surface area contributed by atoms with Crippen molar-refractivity contribution in [3.63, 3.8) is 0 Å². The molecule has 1 aromatic carbocycles. The molecule has 0 aromatic heterocycles. The van der Waals surface area contributed by atoms with Gasteiger partial charge in [-0.3, -0.25) is 9.59 Å². The van der Waals surface area contributed by atoms with Gasteiger partial charge in [0.05, 0.1) is 5.56 Å². The van der Waals surface area contributed by atoms with E-state index in [9.17, 15) is 18.4 Å². The number of hydrogen-bond acceptors (Lipinski definition) is 2. The molecule has 0 N–H and O–H groups in total. The highest BCUT2D eigenvalue weighted by atomic mass is 19.1. The van der Waals surface area contributed by atoms with E-state index in [4.69, 9.17) is 0 Å². The molecule has 4 nitrogen and oxygen atoms in total. The lowest BCUT2D eigenvalue weighted by molar-refractivity contribution is -0.136. The average molecular weight is 324 g/mol. The van der Waals surface area contributed by atoms with E-state index in [1.165, 1.54) is 4.90 Å². The summed E-state index contributed by atoms with van der Waals surface area (Å²) in [4.78, 5) is 27.8. The number of rotatable bonds is 4. The molecule has 1 atom stereocenters. The Hall–Kier alpha value is -1.98.